The number of pyridine rings is 1. The largest absolute Gasteiger partial charge is 0.477 e. The fourth-order valence-electron chi connectivity index (χ4n) is 1.29. The van der Waals surface area contributed by atoms with Crippen LogP contribution in [0.4, 0.5) is 13.2 Å². The van der Waals surface area contributed by atoms with Crippen LogP contribution < -0.4 is 0 Å². The molecule has 0 fully saturated rings. The van der Waals surface area contributed by atoms with Crippen molar-refractivity contribution in [1.29, 1.82) is 0 Å². The molecule has 0 atom stereocenters. The molecule has 1 N–H and O–H groups in total. The molecule has 0 bridgehead atoms. The standard InChI is InChI=1S/C10H4F3NO2/c11-5-3-4-1-2-6(10(15)16)14-9(4)8(13)7(5)12/h1-3H,(H,15,16). The third-order valence-electron chi connectivity index (χ3n) is 2.04. The molecule has 3 nitrogen and oxygen atoms in total. The molecule has 1 heterocycles. The van der Waals surface area contributed by atoms with Crippen LogP contribution in [-0.4, -0.2) is 16.1 Å². The third-order valence-corrected chi connectivity index (χ3v) is 2.04. The monoisotopic (exact) mass is 227 g/mol. The number of aromatic carboxylic acids is 1. The lowest BCUT2D eigenvalue weighted by Gasteiger charge is -2.02. The van der Waals surface area contributed by atoms with E-state index < -0.39 is 34.6 Å². The lowest BCUT2D eigenvalue weighted by Crippen LogP contribution is -2.02. The molecule has 0 aliphatic carbocycles. The van der Waals surface area contributed by atoms with Crippen molar-refractivity contribution in [2.24, 2.45) is 0 Å². The third kappa shape index (κ3) is 1.48. The average molecular weight is 227 g/mol. The molecular formula is C10H4F3NO2. The number of fused-ring (bicyclic) bond motifs is 1. The number of halogens is 3. The Labute approximate surface area is 87.2 Å². The van der Waals surface area contributed by atoms with E-state index in [-0.39, 0.29) is 5.39 Å². The van der Waals surface area contributed by atoms with Crippen LogP contribution >= 0.6 is 0 Å². The van der Waals surface area contributed by atoms with Gasteiger partial charge >= 0.3 is 5.97 Å². The fourth-order valence-corrected chi connectivity index (χ4v) is 1.29. The van der Waals surface area contributed by atoms with Crippen LogP contribution in [0.1, 0.15) is 10.5 Å². The lowest BCUT2D eigenvalue weighted by molar-refractivity contribution is 0.0691. The van der Waals surface area contributed by atoms with Gasteiger partial charge in [0.2, 0.25) is 0 Å². The van der Waals surface area contributed by atoms with Crippen LogP contribution in [0.15, 0.2) is 18.2 Å². The van der Waals surface area contributed by atoms with Gasteiger partial charge < -0.3 is 5.11 Å². The van der Waals surface area contributed by atoms with Crippen LogP contribution in [-0.2, 0) is 0 Å². The van der Waals surface area contributed by atoms with Crippen LogP contribution in [0.3, 0.4) is 0 Å². The first-order chi connectivity index (χ1) is 7.50. The Balaban J connectivity index is 2.82. The fraction of sp³-hybridized carbons (Fsp3) is 0. The van der Waals surface area contributed by atoms with Crippen molar-refractivity contribution in [3.05, 3.63) is 41.3 Å². The molecule has 82 valence electrons. The van der Waals surface area contributed by atoms with Crippen molar-refractivity contribution in [2.45, 2.75) is 0 Å². The summed E-state index contributed by atoms with van der Waals surface area (Å²) in [6, 6.07) is 3.01. The Morgan fingerprint density at radius 1 is 1.19 bits per heavy atom. The molecule has 0 aliphatic rings. The van der Waals surface area contributed by atoms with Gasteiger partial charge in [0.25, 0.3) is 0 Å². The van der Waals surface area contributed by atoms with Crippen molar-refractivity contribution >= 4 is 16.9 Å². The predicted molar refractivity (Wildman–Crippen MR) is 48.6 cm³/mol. The summed E-state index contributed by atoms with van der Waals surface area (Å²) >= 11 is 0. The van der Waals surface area contributed by atoms with Crippen molar-refractivity contribution in [1.82, 2.24) is 4.98 Å². The molecule has 1 aromatic carbocycles. The highest BCUT2D eigenvalue weighted by Gasteiger charge is 2.16. The van der Waals surface area contributed by atoms with Crippen LogP contribution in [0.2, 0.25) is 0 Å². The topological polar surface area (TPSA) is 50.2 Å². The molecule has 0 unspecified atom stereocenters. The lowest BCUT2D eigenvalue weighted by atomic mass is 10.2. The molecule has 2 aromatic rings. The number of carboxylic acid groups (broad SMARTS) is 1. The molecule has 1 aromatic heterocycles. The summed E-state index contributed by atoms with van der Waals surface area (Å²) in [6.45, 7) is 0. The Morgan fingerprint density at radius 3 is 2.50 bits per heavy atom. The van der Waals surface area contributed by atoms with Gasteiger partial charge in [-0.25, -0.2) is 22.9 Å². The second-order valence-corrected chi connectivity index (χ2v) is 3.06. The van der Waals surface area contributed by atoms with E-state index in [1.54, 1.807) is 0 Å². The number of nitrogens with zero attached hydrogens (tertiary/aromatic N) is 1. The highest BCUT2D eigenvalue weighted by Crippen LogP contribution is 2.21. The summed E-state index contributed by atoms with van der Waals surface area (Å²) < 4.78 is 38.9. The average Bonchev–Trinajstić information content (AvgIpc) is 2.25. The smallest absolute Gasteiger partial charge is 0.354 e. The van der Waals surface area contributed by atoms with Gasteiger partial charge in [0.1, 0.15) is 11.2 Å². The highest BCUT2D eigenvalue weighted by molar-refractivity contribution is 5.89. The van der Waals surface area contributed by atoms with Crippen LogP contribution in [0, 0.1) is 17.5 Å². The molecule has 0 saturated carbocycles. The van der Waals surface area contributed by atoms with Gasteiger partial charge in [-0.1, -0.05) is 6.07 Å². The first-order valence-corrected chi connectivity index (χ1v) is 4.18. The number of aromatic nitrogens is 1. The number of benzene rings is 1. The number of hydrogen-bond acceptors (Lipinski definition) is 2. The number of carboxylic acids is 1. The summed E-state index contributed by atoms with van der Waals surface area (Å²) in [6.07, 6.45) is 0. The highest BCUT2D eigenvalue weighted by atomic mass is 19.2. The van der Waals surface area contributed by atoms with Crippen molar-refractivity contribution < 1.29 is 23.1 Å². The molecule has 0 spiro atoms. The van der Waals surface area contributed by atoms with Gasteiger partial charge in [-0.05, 0) is 12.1 Å². The molecule has 2 rings (SSSR count). The van der Waals surface area contributed by atoms with E-state index in [0.29, 0.717) is 0 Å². The summed E-state index contributed by atoms with van der Waals surface area (Å²) in [5, 5.41) is 8.61. The summed E-state index contributed by atoms with van der Waals surface area (Å²) in [4.78, 5) is 14.0. The van der Waals surface area contributed by atoms with Gasteiger partial charge in [0, 0.05) is 5.39 Å². The quantitative estimate of drug-likeness (QED) is 0.760. The van der Waals surface area contributed by atoms with Crippen molar-refractivity contribution in [3.8, 4) is 0 Å². The summed E-state index contributed by atoms with van der Waals surface area (Å²) in [7, 11) is 0. The Hall–Kier alpha value is -2.11. The van der Waals surface area contributed by atoms with E-state index in [4.69, 9.17) is 5.11 Å². The predicted octanol–water partition coefficient (Wildman–Crippen LogP) is 2.35. The van der Waals surface area contributed by atoms with Gasteiger partial charge in [-0.3, -0.25) is 0 Å². The number of hydrogen-bond donors (Lipinski definition) is 1. The first-order valence-electron chi connectivity index (χ1n) is 4.18. The van der Waals surface area contributed by atoms with E-state index in [1.807, 2.05) is 0 Å². The zero-order valence-corrected chi connectivity index (χ0v) is 7.67. The number of rotatable bonds is 1. The van der Waals surface area contributed by atoms with Crippen molar-refractivity contribution in [2.75, 3.05) is 0 Å². The van der Waals surface area contributed by atoms with E-state index in [2.05, 4.69) is 4.98 Å². The Bertz CT molecular complexity index is 598. The Morgan fingerprint density at radius 2 is 1.88 bits per heavy atom. The van der Waals surface area contributed by atoms with E-state index >= 15 is 0 Å². The molecule has 0 aliphatic heterocycles. The molecule has 0 saturated heterocycles. The second-order valence-electron chi connectivity index (χ2n) is 3.06. The molecule has 0 amide bonds. The number of carbonyl (C=O) groups is 1. The van der Waals surface area contributed by atoms with E-state index in [0.717, 1.165) is 18.2 Å². The molecule has 16 heavy (non-hydrogen) atoms. The molecule has 0 radical (unpaired) electrons. The zero-order chi connectivity index (χ0) is 11.9. The molecule has 6 heteroatoms. The first kappa shape index (κ1) is 10.4. The maximum Gasteiger partial charge on any atom is 0.354 e. The zero-order valence-electron chi connectivity index (χ0n) is 7.67. The van der Waals surface area contributed by atoms with Crippen LogP contribution in [0.5, 0.6) is 0 Å². The maximum absolute atomic E-state index is 13.2. The minimum Gasteiger partial charge on any atom is -0.477 e. The van der Waals surface area contributed by atoms with E-state index in [1.165, 1.54) is 0 Å². The minimum absolute atomic E-state index is 0.00130. The SMILES string of the molecule is O=C(O)c1ccc2cc(F)c(F)c(F)c2n1. The summed E-state index contributed by atoms with van der Waals surface area (Å²) in [5.74, 6) is -5.86. The van der Waals surface area contributed by atoms with Crippen LogP contribution in [0.25, 0.3) is 10.9 Å². The minimum atomic E-state index is -1.66. The normalized spacial score (nSPS) is 10.7. The second kappa shape index (κ2) is 3.48. The molecular weight excluding hydrogens is 223 g/mol. The van der Waals surface area contributed by atoms with E-state index in [9.17, 15) is 18.0 Å². The van der Waals surface area contributed by atoms with Gasteiger partial charge in [0.15, 0.2) is 17.5 Å². The summed E-state index contributed by atoms with van der Waals surface area (Å²) in [5.41, 5.74) is -0.934. The van der Waals surface area contributed by atoms with Gasteiger partial charge in [0.05, 0.1) is 0 Å². The van der Waals surface area contributed by atoms with Gasteiger partial charge in [-0.2, -0.15) is 0 Å². The van der Waals surface area contributed by atoms with Crippen molar-refractivity contribution in [3.63, 3.8) is 0 Å². The van der Waals surface area contributed by atoms with Gasteiger partial charge in [-0.15, -0.1) is 0 Å². The maximum atomic E-state index is 13.2. The Kier molecular flexibility index (Phi) is 2.26.